The van der Waals surface area contributed by atoms with E-state index in [1.807, 2.05) is 0 Å². The van der Waals surface area contributed by atoms with Crippen LogP contribution in [0.25, 0.3) is 0 Å². The lowest BCUT2D eigenvalue weighted by Crippen LogP contribution is -2.29. The summed E-state index contributed by atoms with van der Waals surface area (Å²) in [4.78, 5) is 3.98. The number of aromatic nitrogens is 2. The van der Waals surface area contributed by atoms with Crippen molar-refractivity contribution in [2.75, 3.05) is 0 Å². The van der Waals surface area contributed by atoms with E-state index in [2.05, 4.69) is 4.98 Å². The van der Waals surface area contributed by atoms with Gasteiger partial charge >= 0.3 is 5.15 Å². The van der Waals surface area contributed by atoms with Crippen LogP contribution in [-0.4, -0.2) is 4.98 Å². The minimum absolute atomic E-state index is 0.144. The Labute approximate surface area is 63.9 Å². The van der Waals surface area contributed by atoms with Crippen LogP contribution in [-0.2, 0) is 0 Å². The molecule has 0 aliphatic carbocycles. The molecule has 0 saturated carbocycles. The normalized spacial score (nSPS) is 9.90. The predicted molar refractivity (Wildman–Crippen MR) is 37.7 cm³/mol. The lowest BCUT2D eigenvalue weighted by Gasteiger charge is -2.00. The van der Waals surface area contributed by atoms with Gasteiger partial charge < -0.3 is 5.21 Å². The van der Waals surface area contributed by atoms with E-state index in [4.69, 9.17) is 11.6 Å². The molecule has 0 N–H and O–H groups in total. The molecule has 10 heavy (non-hydrogen) atoms. The second-order valence-corrected chi connectivity index (χ2v) is 2.44. The molecule has 1 aromatic rings. The lowest BCUT2D eigenvalue weighted by molar-refractivity contribution is -0.604. The number of hydrogen-bond donors (Lipinski definition) is 0. The highest BCUT2D eigenvalue weighted by atomic mass is 35.5. The van der Waals surface area contributed by atoms with Gasteiger partial charge in [0.05, 0.1) is 0 Å². The van der Waals surface area contributed by atoms with Crippen LogP contribution in [0.15, 0.2) is 6.20 Å². The van der Waals surface area contributed by atoms with Gasteiger partial charge in [0.25, 0.3) is 0 Å². The van der Waals surface area contributed by atoms with Crippen molar-refractivity contribution in [1.29, 1.82) is 0 Å². The van der Waals surface area contributed by atoms with Gasteiger partial charge in [-0.3, -0.25) is 0 Å². The van der Waals surface area contributed by atoms with Crippen molar-refractivity contribution < 1.29 is 4.73 Å². The van der Waals surface area contributed by atoms with E-state index in [0.717, 1.165) is 0 Å². The van der Waals surface area contributed by atoms with Crippen LogP contribution in [0, 0.1) is 19.1 Å². The largest absolute Gasteiger partial charge is 0.618 e. The maximum atomic E-state index is 10.8. The Balaban J connectivity index is 3.31. The Kier molecular flexibility index (Phi) is 1.76. The second-order valence-electron chi connectivity index (χ2n) is 2.08. The molecule has 0 aliphatic heterocycles. The molecule has 0 spiro atoms. The SMILES string of the molecule is Cc1c[n+]([O-])c(Cl)c(C)n1. The molecule has 1 rings (SSSR count). The third-order valence-corrected chi connectivity index (χ3v) is 1.58. The van der Waals surface area contributed by atoms with Crippen LogP contribution in [0.3, 0.4) is 0 Å². The third-order valence-electron chi connectivity index (χ3n) is 1.14. The fourth-order valence-corrected chi connectivity index (χ4v) is 0.816. The molecule has 0 saturated heterocycles. The summed E-state index contributed by atoms with van der Waals surface area (Å²) in [6, 6.07) is 0. The number of nitrogens with zero attached hydrogens (tertiary/aromatic N) is 2. The Morgan fingerprint density at radius 3 is 2.70 bits per heavy atom. The third kappa shape index (κ3) is 1.19. The Bertz CT molecular complexity index is 239. The van der Waals surface area contributed by atoms with E-state index >= 15 is 0 Å². The molecule has 4 heteroatoms. The van der Waals surface area contributed by atoms with Crippen LogP contribution < -0.4 is 4.73 Å². The van der Waals surface area contributed by atoms with Crippen molar-refractivity contribution in [3.05, 3.63) is 27.9 Å². The first-order valence-electron chi connectivity index (χ1n) is 2.84. The number of aryl methyl sites for hydroxylation is 2. The lowest BCUT2D eigenvalue weighted by atomic mass is 10.4. The summed E-state index contributed by atoms with van der Waals surface area (Å²) in [6.45, 7) is 3.45. The number of hydrogen-bond acceptors (Lipinski definition) is 2. The molecule has 54 valence electrons. The van der Waals surface area contributed by atoms with Gasteiger partial charge in [0.1, 0.15) is 11.4 Å². The zero-order valence-corrected chi connectivity index (χ0v) is 6.51. The van der Waals surface area contributed by atoms with E-state index < -0.39 is 0 Å². The quantitative estimate of drug-likeness (QED) is 0.417. The van der Waals surface area contributed by atoms with Crippen LogP contribution in [0.2, 0.25) is 5.15 Å². The molecule has 1 heterocycles. The molecule has 0 radical (unpaired) electrons. The highest BCUT2D eigenvalue weighted by molar-refractivity contribution is 6.29. The van der Waals surface area contributed by atoms with E-state index in [1.54, 1.807) is 13.8 Å². The molecule has 0 aliphatic rings. The van der Waals surface area contributed by atoms with Crippen molar-refractivity contribution >= 4 is 11.6 Å². The maximum absolute atomic E-state index is 10.8. The molecule has 3 nitrogen and oxygen atoms in total. The summed E-state index contributed by atoms with van der Waals surface area (Å²) in [5.41, 5.74) is 1.24. The number of rotatable bonds is 0. The first-order chi connectivity index (χ1) is 4.61. The summed E-state index contributed by atoms with van der Waals surface area (Å²) in [7, 11) is 0. The summed E-state index contributed by atoms with van der Waals surface area (Å²) in [5, 5.41) is 10.9. The topological polar surface area (TPSA) is 39.8 Å². The second kappa shape index (κ2) is 2.42. The van der Waals surface area contributed by atoms with Crippen LogP contribution in [0.5, 0.6) is 0 Å². The average molecular weight is 159 g/mol. The molecular formula is C6H7ClN2O. The minimum Gasteiger partial charge on any atom is -0.618 e. The van der Waals surface area contributed by atoms with E-state index in [1.165, 1.54) is 6.20 Å². The molecular weight excluding hydrogens is 152 g/mol. The Hall–Kier alpha value is -0.830. The van der Waals surface area contributed by atoms with Gasteiger partial charge in [-0.05, 0) is 25.4 Å². The zero-order chi connectivity index (χ0) is 7.72. The molecule has 0 unspecified atom stereocenters. The van der Waals surface area contributed by atoms with Gasteiger partial charge in [0.15, 0.2) is 0 Å². The van der Waals surface area contributed by atoms with Crippen molar-refractivity contribution in [2.45, 2.75) is 13.8 Å². The van der Waals surface area contributed by atoms with E-state index in [-0.39, 0.29) is 5.15 Å². The van der Waals surface area contributed by atoms with Crippen LogP contribution in [0.4, 0.5) is 0 Å². The van der Waals surface area contributed by atoms with Crippen molar-refractivity contribution in [3.8, 4) is 0 Å². The molecule has 1 aromatic heterocycles. The Morgan fingerprint density at radius 2 is 2.20 bits per heavy atom. The summed E-state index contributed by atoms with van der Waals surface area (Å²) < 4.78 is 0.610. The summed E-state index contributed by atoms with van der Waals surface area (Å²) in [5.74, 6) is 0. The van der Waals surface area contributed by atoms with Crippen LogP contribution >= 0.6 is 11.6 Å². The molecule has 0 aromatic carbocycles. The molecule has 0 bridgehead atoms. The first kappa shape index (κ1) is 7.28. The van der Waals surface area contributed by atoms with Gasteiger partial charge in [-0.25, -0.2) is 4.98 Å². The highest BCUT2D eigenvalue weighted by Gasteiger charge is 2.06. The van der Waals surface area contributed by atoms with Gasteiger partial charge in [-0.15, -0.1) is 0 Å². The molecule has 0 amide bonds. The monoisotopic (exact) mass is 158 g/mol. The standard InChI is InChI=1S/C6H7ClN2O/c1-4-3-9(10)6(7)5(2)8-4/h3H,1-2H3. The first-order valence-corrected chi connectivity index (χ1v) is 3.22. The average Bonchev–Trinajstić information content (AvgIpc) is 1.82. The fourth-order valence-electron chi connectivity index (χ4n) is 0.725. The molecule has 0 atom stereocenters. The van der Waals surface area contributed by atoms with E-state index in [9.17, 15) is 5.21 Å². The summed E-state index contributed by atoms with van der Waals surface area (Å²) in [6.07, 6.45) is 1.34. The van der Waals surface area contributed by atoms with Crippen molar-refractivity contribution in [1.82, 2.24) is 4.98 Å². The summed E-state index contributed by atoms with van der Waals surface area (Å²) >= 11 is 5.54. The molecule has 0 fully saturated rings. The van der Waals surface area contributed by atoms with Crippen molar-refractivity contribution in [3.63, 3.8) is 0 Å². The van der Waals surface area contributed by atoms with Gasteiger partial charge in [0, 0.05) is 0 Å². The fraction of sp³-hybridized carbons (Fsp3) is 0.333. The minimum atomic E-state index is 0.144. The van der Waals surface area contributed by atoms with Gasteiger partial charge in [0.2, 0.25) is 6.20 Å². The predicted octanol–water partition coefficient (Wildman–Crippen LogP) is 0.985. The van der Waals surface area contributed by atoms with Gasteiger partial charge in [-0.2, -0.15) is 4.73 Å². The smallest absolute Gasteiger partial charge is 0.307 e. The zero-order valence-electron chi connectivity index (χ0n) is 5.76. The number of halogens is 1. The maximum Gasteiger partial charge on any atom is 0.307 e. The van der Waals surface area contributed by atoms with Crippen molar-refractivity contribution in [2.24, 2.45) is 0 Å². The Morgan fingerprint density at radius 1 is 1.60 bits per heavy atom. The van der Waals surface area contributed by atoms with Crippen LogP contribution in [0.1, 0.15) is 11.4 Å². The van der Waals surface area contributed by atoms with Gasteiger partial charge in [-0.1, -0.05) is 0 Å². The van der Waals surface area contributed by atoms with E-state index in [0.29, 0.717) is 16.1 Å². The highest BCUT2D eigenvalue weighted by Crippen LogP contribution is 2.05.